The van der Waals surface area contributed by atoms with Crippen LogP contribution in [0.4, 0.5) is 0 Å². The highest BCUT2D eigenvalue weighted by atomic mass is 35.5. The number of carbonyl (C=O) groups excluding carboxylic acids is 2. The second-order valence-corrected chi connectivity index (χ2v) is 5.48. The van der Waals surface area contributed by atoms with E-state index in [0.717, 1.165) is 19.4 Å². The molecule has 0 saturated carbocycles. The van der Waals surface area contributed by atoms with Crippen LogP contribution in [0, 0.1) is 0 Å². The van der Waals surface area contributed by atoms with Crippen LogP contribution in [-0.2, 0) is 14.3 Å². The summed E-state index contributed by atoms with van der Waals surface area (Å²) in [7, 11) is 0. The molecule has 1 amide bonds. The topological polar surface area (TPSA) is 64.6 Å². The molecule has 0 aromatic heterocycles. The fourth-order valence-electron chi connectivity index (χ4n) is 1.95. The van der Waals surface area contributed by atoms with Crippen molar-refractivity contribution in [2.45, 2.75) is 18.9 Å². The SMILES string of the molecule is O=C(COC(=O)c1ccc(Cl)cc1Cl)NC[C@H]1CCCO1. The number of hydrogen-bond donors (Lipinski definition) is 1. The summed E-state index contributed by atoms with van der Waals surface area (Å²) in [5.41, 5.74) is 0.174. The quantitative estimate of drug-likeness (QED) is 0.841. The summed E-state index contributed by atoms with van der Waals surface area (Å²) in [5, 5.41) is 3.27. The standard InChI is InChI=1S/C14H15Cl2NO4/c15-9-3-4-11(12(16)6-9)14(19)21-8-13(18)17-7-10-2-1-5-20-10/h3-4,6,10H,1-2,5,7-8H2,(H,17,18)/t10-/m1/s1. The van der Waals surface area contributed by atoms with Crippen LogP contribution in [-0.4, -0.2) is 37.7 Å². The molecule has 1 aliphatic rings. The average molecular weight is 332 g/mol. The molecule has 1 heterocycles. The van der Waals surface area contributed by atoms with E-state index >= 15 is 0 Å². The molecule has 0 bridgehead atoms. The Hall–Kier alpha value is -1.30. The minimum atomic E-state index is -0.663. The lowest BCUT2D eigenvalue weighted by atomic mass is 10.2. The van der Waals surface area contributed by atoms with E-state index in [9.17, 15) is 9.59 Å². The summed E-state index contributed by atoms with van der Waals surface area (Å²) in [6, 6.07) is 4.43. The molecule has 0 spiro atoms. The van der Waals surface area contributed by atoms with Crippen molar-refractivity contribution in [3.63, 3.8) is 0 Å². The third-order valence-electron chi connectivity index (χ3n) is 3.04. The second kappa shape index (κ2) is 7.64. The summed E-state index contributed by atoms with van der Waals surface area (Å²) in [6.45, 7) is 0.799. The normalized spacial score (nSPS) is 17.5. The van der Waals surface area contributed by atoms with E-state index in [1.807, 2.05) is 0 Å². The van der Waals surface area contributed by atoms with Gasteiger partial charge in [0.1, 0.15) is 0 Å². The number of carbonyl (C=O) groups is 2. The molecule has 5 nitrogen and oxygen atoms in total. The molecule has 0 radical (unpaired) electrons. The number of halogens is 2. The molecule has 1 saturated heterocycles. The molecule has 7 heteroatoms. The van der Waals surface area contributed by atoms with Gasteiger partial charge in [0, 0.05) is 18.2 Å². The van der Waals surface area contributed by atoms with E-state index in [1.165, 1.54) is 18.2 Å². The van der Waals surface area contributed by atoms with Crippen LogP contribution in [0.5, 0.6) is 0 Å². The van der Waals surface area contributed by atoms with E-state index in [2.05, 4.69) is 5.32 Å². The zero-order chi connectivity index (χ0) is 15.2. The van der Waals surface area contributed by atoms with Gasteiger partial charge in [0.15, 0.2) is 6.61 Å². The molecule has 114 valence electrons. The minimum Gasteiger partial charge on any atom is -0.452 e. The first-order chi connectivity index (χ1) is 10.1. The summed E-state index contributed by atoms with van der Waals surface area (Å²) >= 11 is 11.6. The van der Waals surface area contributed by atoms with Gasteiger partial charge in [-0.25, -0.2) is 4.79 Å². The average Bonchev–Trinajstić information content (AvgIpc) is 2.95. The van der Waals surface area contributed by atoms with Crippen molar-refractivity contribution >= 4 is 35.1 Å². The summed E-state index contributed by atoms with van der Waals surface area (Å²) in [4.78, 5) is 23.4. The van der Waals surface area contributed by atoms with E-state index < -0.39 is 5.97 Å². The Morgan fingerprint density at radius 3 is 2.86 bits per heavy atom. The number of esters is 1. The molecular weight excluding hydrogens is 317 g/mol. The molecule has 2 rings (SSSR count). The van der Waals surface area contributed by atoms with Gasteiger partial charge in [-0.15, -0.1) is 0 Å². The second-order valence-electron chi connectivity index (χ2n) is 4.64. The number of benzene rings is 1. The highest BCUT2D eigenvalue weighted by Crippen LogP contribution is 2.21. The van der Waals surface area contributed by atoms with E-state index in [4.69, 9.17) is 32.7 Å². The lowest BCUT2D eigenvalue weighted by Gasteiger charge is -2.11. The third-order valence-corrected chi connectivity index (χ3v) is 3.58. The number of amides is 1. The van der Waals surface area contributed by atoms with Crippen molar-refractivity contribution in [1.29, 1.82) is 0 Å². The highest BCUT2D eigenvalue weighted by molar-refractivity contribution is 6.36. The van der Waals surface area contributed by atoms with Gasteiger partial charge in [-0.2, -0.15) is 0 Å². The maximum atomic E-state index is 11.8. The molecule has 1 aromatic rings. The maximum absolute atomic E-state index is 11.8. The van der Waals surface area contributed by atoms with Crippen LogP contribution >= 0.6 is 23.2 Å². The Bertz CT molecular complexity index is 530. The highest BCUT2D eigenvalue weighted by Gasteiger charge is 2.17. The fourth-order valence-corrected chi connectivity index (χ4v) is 2.43. The first-order valence-corrected chi connectivity index (χ1v) is 7.32. The van der Waals surface area contributed by atoms with Crippen molar-refractivity contribution in [3.05, 3.63) is 33.8 Å². The summed E-state index contributed by atoms with van der Waals surface area (Å²) in [5.74, 6) is -1.03. The van der Waals surface area contributed by atoms with Gasteiger partial charge >= 0.3 is 5.97 Å². The van der Waals surface area contributed by atoms with Crippen LogP contribution < -0.4 is 5.32 Å². The Morgan fingerprint density at radius 1 is 1.38 bits per heavy atom. The van der Waals surface area contributed by atoms with E-state index in [1.54, 1.807) is 0 Å². The van der Waals surface area contributed by atoms with Gasteiger partial charge in [-0.1, -0.05) is 23.2 Å². The molecule has 21 heavy (non-hydrogen) atoms. The van der Waals surface area contributed by atoms with E-state index in [0.29, 0.717) is 11.6 Å². The Morgan fingerprint density at radius 2 is 2.19 bits per heavy atom. The fraction of sp³-hybridized carbons (Fsp3) is 0.429. The van der Waals surface area contributed by atoms with Crippen molar-refractivity contribution in [3.8, 4) is 0 Å². The Labute approximate surface area is 132 Å². The smallest absolute Gasteiger partial charge is 0.340 e. The van der Waals surface area contributed by atoms with Crippen LogP contribution in [0.15, 0.2) is 18.2 Å². The molecular formula is C14H15Cl2NO4. The molecule has 1 aromatic carbocycles. The van der Waals surface area contributed by atoms with Gasteiger partial charge in [0.25, 0.3) is 5.91 Å². The van der Waals surface area contributed by atoms with Gasteiger partial charge in [-0.05, 0) is 31.0 Å². The number of nitrogens with one attached hydrogen (secondary N) is 1. The van der Waals surface area contributed by atoms with Crippen LogP contribution in [0.1, 0.15) is 23.2 Å². The molecule has 1 atom stereocenters. The van der Waals surface area contributed by atoms with Crippen molar-refractivity contribution < 1.29 is 19.1 Å². The molecule has 1 fully saturated rings. The number of hydrogen-bond acceptors (Lipinski definition) is 4. The summed E-state index contributed by atoms with van der Waals surface area (Å²) < 4.78 is 10.3. The van der Waals surface area contributed by atoms with Crippen LogP contribution in [0.25, 0.3) is 0 Å². The first-order valence-electron chi connectivity index (χ1n) is 6.57. The molecule has 0 unspecified atom stereocenters. The van der Waals surface area contributed by atoms with Gasteiger partial charge < -0.3 is 14.8 Å². The van der Waals surface area contributed by atoms with Crippen molar-refractivity contribution in [2.24, 2.45) is 0 Å². The predicted molar refractivity (Wildman–Crippen MR) is 78.7 cm³/mol. The van der Waals surface area contributed by atoms with Crippen LogP contribution in [0.2, 0.25) is 10.0 Å². The monoisotopic (exact) mass is 331 g/mol. The molecule has 1 N–H and O–H groups in total. The maximum Gasteiger partial charge on any atom is 0.340 e. The van der Waals surface area contributed by atoms with Crippen molar-refractivity contribution in [1.82, 2.24) is 5.32 Å². The van der Waals surface area contributed by atoms with E-state index in [-0.39, 0.29) is 29.2 Å². The lowest BCUT2D eigenvalue weighted by molar-refractivity contribution is -0.124. The first kappa shape index (κ1) is 16.1. The lowest BCUT2D eigenvalue weighted by Crippen LogP contribution is -2.34. The van der Waals surface area contributed by atoms with Crippen molar-refractivity contribution in [2.75, 3.05) is 19.8 Å². The van der Waals surface area contributed by atoms with Gasteiger partial charge in [0.05, 0.1) is 16.7 Å². The molecule has 1 aliphatic heterocycles. The van der Waals surface area contributed by atoms with Gasteiger partial charge in [-0.3, -0.25) is 4.79 Å². The molecule has 0 aliphatic carbocycles. The number of ether oxygens (including phenoxy) is 2. The predicted octanol–water partition coefficient (Wildman–Crippen LogP) is 2.45. The summed E-state index contributed by atoms with van der Waals surface area (Å²) in [6.07, 6.45) is 1.99. The van der Waals surface area contributed by atoms with Crippen LogP contribution in [0.3, 0.4) is 0 Å². The zero-order valence-electron chi connectivity index (χ0n) is 11.2. The Balaban J connectivity index is 1.76. The zero-order valence-corrected chi connectivity index (χ0v) is 12.7. The Kier molecular flexibility index (Phi) is 5.85. The largest absolute Gasteiger partial charge is 0.452 e. The van der Waals surface area contributed by atoms with Gasteiger partial charge in [0.2, 0.25) is 0 Å². The number of rotatable bonds is 5. The third kappa shape index (κ3) is 4.88. The minimum absolute atomic E-state index is 0.0513.